The highest BCUT2D eigenvalue weighted by Gasteiger charge is 2.23. The number of hydrogen-bond acceptors (Lipinski definition) is 6. The van der Waals surface area contributed by atoms with Crippen molar-refractivity contribution in [3.8, 4) is 28.7 Å². The molecule has 0 atom stereocenters. The van der Waals surface area contributed by atoms with Gasteiger partial charge in [0.1, 0.15) is 16.7 Å². The van der Waals surface area contributed by atoms with E-state index in [0.717, 1.165) is 60.3 Å². The Kier molecular flexibility index (Phi) is 4.48. The van der Waals surface area contributed by atoms with Crippen LogP contribution in [0.25, 0.3) is 83.6 Å². The SMILES string of the molecule is c1ccc(-c2nc(-c3cccc4c3oc3ccccc34)nc(-n3c4ccncc4c4c5ccccc5oc43)n2)cc1. The number of benzene rings is 4. The van der Waals surface area contributed by atoms with Crippen molar-refractivity contribution >= 4 is 54.9 Å². The number of pyridine rings is 1. The van der Waals surface area contributed by atoms with E-state index in [1.807, 2.05) is 95.7 Å². The summed E-state index contributed by atoms with van der Waals surface area (Å²) in [4.78, 5) is 19.4. The number of hydrogen-bond donors (Lipinski definition) is 0. The van der Waals surface area contributed by atoms with Gasteiger partial charge in [-0.3, -0.25) is 4.98 Å². The van der Waals surface area contributed by atoms with Crippen LogP contribution < -0.4 is 0 Å². The van der Waals surface area contributed by atoms with Gasteiger partial charge in [-0.05, 0) is 24.3 Å². The molecule has 0 fully saturated rings. The van der Waals surface area contributed by atoms with Crippen LogP contribution in [0, 0.1) is 0 Å². The van der Waals surface area contributed by atoms with Gasteiger partial charge < -0.3 is 8.83 Å². The molecule has 0 amide bonds. The lowest BCUT2D eigenvalue weighted by Crippen LogP contribution is -2.06. The Morgan fingerprint density at radius 1 is 0.561 bits per heavy atom. The lowest BCUT2D eigenvalue weighted by atomic mass is 10.1. The van der Waals surface area contributed by atoms with E-state index < -0.39 is 0 Å². The predicted octanol–water partition coefficient (Wildman–Crippen LogP) is 8.34. The first-order chi connectivity index (χ1) is 20.3. The Morgan fingerprint density at radius 2 is 1.29 bits per heavy atom. The number of fused-ring (bicyclic) bond motifs is 8. The lowest BCUT2D eigenvalue weighted by Gasteiger charge is -2.10. The Labute approximate surface area is 232 Å². The molecule has 5 heterocycles. The average Bonchev–Trinajstić information content (AvgIpc) is 3.70. The molecule has 192 valence electrons. The molecule has 0 spiro atoms. The molecule has 0 unspecified atom stereocenters. The van der Waals surface area contributed by atoms with Gasteiger partial charge in [0.2, 0.25) is 11.7 Å². The summed E-state index contributed by atoms with van der Waals surface area (Å²) in [6, 6.07) is 34.0. The summed E-state index contributed by atoms with van der Waals surface area (Å²) in [5.41, 5.74) is 5.58. The molecule has 0 aliphatic carbocycles. The van der Waals surface area contributed by atoms with Crippen LogP contribution in [0.3, 0.4) is 0 Å². The van der Waals surface area contributed by atoms with Gasteiger partial charge in [-0.25, -0.2) is 9.55 Å². The van der Waals surface area contributed by atoms with E-state index in [0.29, 0.717) is 23.3 Å². The predicted molar refractivity (Wildman–Crippen MR) is 160 cm³/mol. The van der Waals surface area contributed by atoms with Crippen molar-refractivity contribution in [1.29, 1.82) is 0 Å². The zero-order chi connectivity index (χ0) is 26.9. The molecule has 7 nitrogen and oxygen atoms in total. The number of rotatable bonds is 3. The van der Waals surface area contributed by atoms with E-state index in [1.165, 1.54) is 0 Å². The van der Waals surface area contributed by atoms with Gasteiger partial charge in [-0.1, -0.05) is 78.9 Å². The molecule has 0 radical (unpaired) electrons. The van der Waals surface area contributed by atoms with Crippen molar-refractivity contribution in [2.75, 3.05) is 0 Å². The largest absolute Gasteiger partial charge is 0.455 e. The second-order valence-electron chi connectivity index (χ2n) is 9.94. The first-order valence-electron chi connectivity index (χ1n) is 13.3. The topological polar surface area (TPSA) is 82.8 Å². The number of para-hydroxylation sites is 3. The Bertz CT molecular complexity index is 2440. The molecule has 0 N–H and O–H groups in total. The van der Waals surface area contributed by atoms with Crippen LogP contribution in [0.4, 0.5) is 0 Å². The molecule has 0 saturated carbocycles. The summed E-state index contributed by atoms with van der Waals surface area (Å²) < 4.78 is 14.8. The van der Waals surface area contributed by atoms with Gasteiger partial charge in [0.05, 0.1) is 16.5 Å². The number of aromatic nitrogens is 5. The van der Waals surface area contributed by atoms with E-state index in [2.05, 4.69) is 23.2 Å². The fourth-order valence-electron chi connectivity index (χ4n) is 5.76. The van der Waals surface area contributed by atoms with Gasteiger partial charge in [0.25, 0.3) is 0 Å². The first kappa shape index (κ1) is 22.0. The van der Waals surface area contributed by atoms with Crippen molar-refractivity contribution in [2.45, 2.75) is 0 Å². The summed E-state index contributed by atoms with van der Waals surface area (Å²) in [6.07, 6.45) is 3.64. The Morgan fingerprint density at radius 3 is 2.17 bits per heavy atom. The minimum atomic E-state index is 0.451. The third-order valence-corrected chi connectivity index (χ3v) is 7.59. The van der Waals surface area contributed by atoms with Crippen LogP contribution in [0.2, 0.25) is 0 Å². The molecule has 7 heteroatoms. The molecule has 0 aliphatic rings. The lowest BCUT2D eigenvalue weighted by molar-refractivity contribution is 0.641. The molecule has 5 aromatic heterocycles. The van der Waals surface area contributed by atoms with Crippen molar-refractivity contribution in [1.82, 2.24) is 24.5 Å². The summed E-state index contributed by atoms with van der Waals surface area (Å²) in [6.45, 7) is 0. The molecule has 0 saturated heterocycles. The zero-order valence-corrected chi connectivity index (χ0v) is 21.5. The normalized spacial score (nSPS) is 11.9. The van der Waals surface area contributed by atoms with Crippen molar-refractivity contribution in [2.24, 2.45) is 0 Å². The second-order valence-corrected chi connectivity index (χ2v) is 9.94. The van der Waals surface area contributed by atoms with E-state index in [-0.39, 0.29) is 0 Å². The molecular weight excluding hydrogens is 510 g/mol. The van der Waals surface area contributed by atoms with E-state index in [9.17, 15) is 0 Å². The molecule has 9 aromatic rings. The van der Waals surface area contributed by atoms with Gasteiger partial charge >= 0.3 is 0 Å². The Balaban J connectivity index is 1.39. The third kappa shape index (κ3) is 3.20. The van der Waals surface area contributed by atoms with Crippen LogP contribution >= 0.6 is 0 Å². The van der Waals surface area contributed by atoms with Crippen LogP contribution in [-0.2, 0) is 0 Å². The highest BCUT2D eigenvalue weighted by molar-refractivity contribution is 6.19. The fraction of sp³-hybridized carbons (Fsp3) is 0. The van der Waals surface area contributed by atoms with Crippen LogP contribution in [0.5, 0.6) is 0 Å². The minimum Gasteiger partial charge on any atom is -0.455 e. The van der Waals surface area contributed by atoms with Crippen LogP contribution in [0.15, 0.2) is 124 Å². The third-order valence-electron chi connectivity index (χ3n) is 7.59. The van der Waals surface area contributed by atoms with E-state index >= 15 is 0 Å². The van der Waals surface area contributed by atoms with Crippen molar-refractivity contribution in [3.63, 3.8) is 0 Å². The van der Waals surface area contributed by atoms with Crippen LogP contribution in [-0.4, -0.2) is 24.5 Å². The minimum absolute atomic E-state index is 0.451. The monoisotopic (exact) mass is 529 g/mol. The summed E-state index contributed by atoms with van der Waals surface area (Å²) in [5, 5.41) is 5.03. The summed E-state index contributed by atoms with van der Waals surface area (Å²) >= 11 is 0. The zero-order valence-electron chi connectivity index (χ0n) is 21.5. The highest BCUT2D eigenvalue weighted by atomic mass is 16.3. The standard InChI is InChI=1S/C34H19N5O2/c1-2-9-20(10-3-1)31-36-32(24-14-8-13-22-21-11-4-6-15-27(21)40-30(22)24)38-34(37-31)39-26-17-18-35-19-25(26)29-23-12-5-7-16-28(23)41-33(29)39/h1-19H. The molecule has 41 heavy (non-hydrogen) atoms. The molecule has 9 rings (SSSR count). The first-order valence-corrected chi connectivity index (χ1v) is 13.3. The second kappa shape index (κ2) is 8.34. The van der Waals surface area contributed by atoms with Crippen LogP contribution in [0.1, 0.15) is 0 Å². The van der Waals surface area contributed by atoms with Crippen molar-refractivity contribution in [3.05, 3.63) is 116 Å². The molecule has 0 aliphatic heterocycles. The average molecular weight is 530 g/mol. The maximum Gasteiger partial charge on any atom is 0.241 e. The molecule has 4 aromatic carbocycles. The molecule has 0 bridgehead atoms. The van der Waals surface area contributed by atoms with Crippen molar-refractivity contribution < 1.29 is 8.83 Å². The van der Waals surface area contributed by atoms with Gasteiger partial charge in [-0.15, -0.1) is 0 Å². The summed E-state index contributed by atoms with van der Waals surface area (Å²) in [7, 11) is 0. The smallest absolute Gasteiger partial charge is 0.241 e. The quantitative estimate of drug-likeness (QED) is 0.229. The van der Waals surface area contributed by atoms with Gasteiger partial charge in [0, 0.05) is 39.5 Å². The molecular formula is C34H19N5O2. The van der Waals surface area contributed by atoms with E-state index in [4.69, 9.17) is 23.8 Å². The maximum atomic E-state index is 6.44. The number of furan rings is 2. The highest BCUT2D eigenvalue weighted by Crippen LogP contribution is 2.39. The van der Waals surface area contributed by atoms with E-state index in [1.54, 1.807) is 6.20 Å². The number of nitrogens with zero attached hydrogens (tertiary/aromatic N) is 5. The van der Waals surface area contributed by atoms with Gasteiger partial charge in [-0.2, -0.15) is 9.97 Å². The fourth-order valence-corrected chi connectivity index (χ4v) is 5.76. The van der Waals surface area contributed by atoms with Gasteiger partial charge in [0.15, 0.2) is 11.6 Å². The summed E-state index contributed by atoms with van der Waals surface area (Å²) in [5.74, 6) is 1.52. The Hall–Kier alpha value is -5.82. The maximum absolute atomic E-state index is 6.44.